The number of carboxylic acids is 1. The summed E-state index contributed by atoms with van der Waals surface area (Å²) in [4.78, 5) is 9.25. The van der Waals surface area contributed by atoms with E-state index in [1.807, 2.05) is 56.3 Å². The van der Waals surface area contributed by atoms with Crippen LogP contribution in [0.2, 0.25) is 0 Å². The van der Waals surface area contributed by atoms with Crippen LogP contribution in [0.15, 0.2) is 61.2 Å². The second-order valence-electron chi connectivity index (χ2n) is 8.12. The first-order chi connectivity index (χ1) is 17.0. The summed E-state index contributed by atoms with van der Waals surface area (Å²) < 4.78 is 18.1. The lowest BCUT2D eigenvalue weighted by Crippen LogP contribution is -2.20. The predicted molar refractivity (Wildman–Crippen MR) is 140 cm³/mol. The molecule has 0 aliphatic rings. The topological polar surface area (TPSA) is 85.2 Å². The minimum absolute atomic E-state index is 0.228. The number of benzene rings is 2. The van der Waals surface area contributed by atoms with Gasteiger partial charge in [-0.05, 0) is 38.0 Å². The number of phenols is 1. The van der Waals surface area contributed by atoms with Gasteiger partial charge in [0, 0.05) is 24.7 Å². The lowest BCUT2D eigenvalue weighted by molar-refractivity contribution is -0.131. The van der Waals surface area contributed by atoms with E-state index in [-0.39, 0.29) is 18.1 Å². The van der Waals surface area contributed by atoms with Crippen LogP contribution in [-0.2, 0) is 9.53 Å². The fourth-order valence-electron chi connectivity index (χ4n) is 3.51. The molecular weight excluding hydrogens is 444 g/mol. The van der Waals surface area contributed by atoms with Crippen LogP contribution in [0.4, 0.5) is 0 Å². The molecule has 6 nitrogen and oxygen atoms in total. The van der Waals surface area contributed by atoms with Crippen LogP contribution in [-0.4, -0.2) is 29.1 Å². The molecular formula is C29H42O6. The molecule has 194 valence electrons. The fraction of sp³-hybridized carbons (Fsp3) is 0.483. The Kier molecular flexibility index (Phi) is 15.8. The van der Waals surface area contributed by atoms with Gasteiger partial charge in [0.2, 0.25) is 0 Å². The van der Waals surface area contributed by atoms with Gasteiger partial charge in [-0.2, -0.15) is 0 Å². The van der Waals surface area contributed by atoms with Gasteiger partial charge in [-0.1, -0.05) is 82.9 Å². The van der Waals surface area contributed by atoms with E-state index in [0.29, 0.717) is 18.1 Å². The summed E-state index contributed by atoms with van der Waals surface area (Å²) in [5.74, 6) is 0.633. The van der Waals surface area contributed by atoms with Crippen LogP contribution in [0.1, 0.15) is 83.8 Å². The average Bonchev–Trinajstić information content (AvgIpc) is 2.86. The van der Waals surface area contributed by atoms with E-state index in [4.69, 9.17) is 19.3 Å². The van der Waals surface area contributed by atoms with Gasteiger partial charge in [0.05, 0.1) is 0 Å². The number of phenolic OH excluding ortho intramolecular Hbond substituents is 1. The van der Waals surface area contributed by atoms with Crippen molar-refractivity contribution in [2.24, 2.45) is 0 Å². The lowest BCUT2D eigenvalue weighted by atomic mass is 10.0. The molecule has 2 aromatic rings. The molecule has 35 heavy (non-hydrogen) atoms. The van der Waals surface area contributed by atoms with Crippen molar-refractivity contribution in [2.75, 3.05) is 6.61 Å². The Balaban J connectivity index is 0.00000111. The van der Waals surface area contributed by atoms with Crippen molar-refractivity contribution < 1.29 is 29.2 Å². The lowest BCUT2D eigenvalue weighted by Gasteiger charge is -2.24. The Bertz CT molecular complexity index is 851. The number of ether oxygens (including phenoxy) is 3. The van der Waals surface area contributed by atoms with E-state index in [1.165, 1.54) is 32.1 Å². The molecule has 6 heteroatoms. The predicted octanol–water partition coefficient (Wildman–Crippen LogP) is 7.67. The van der Waals surface area contributed by atoms with Gasteiger partial charge < -0.3 is 24.4 Å². The van der Waals surface area contributed by atoms with Gasteiger partial charge in [0.15, 0.2) is 17.8 Å². The third-order valence-corrected chi connectivity index (χ3v) is 5.34. The van der Waals surface area contributed by atoms with Gasteiger partial charge in [0.1, 0.15) is 11.9 Å². The maximum Gasteiger partial charge on any atom is 0.327 e. The minimum atomic E-state index is -0.981. The number of rotatable bonds is 16. The number of carboxylic acid groups (broad SMARTS) is 1. The summed E-state index contributed by atoms with van der Waals surface area (Å²) in [7, 11) is 0. The molecule has 0 bridgehead atoms. The quantitative estimate of drug-likeness (QED) is 0.144. The van der Waals surface area contributed by atoms with Gasteiger partial charge in [-0.15, -0.1) is 0 Å². The first kappa shape index (κ1) is 30.0. The van der Waals surface area contributed by atoms with Crippen LogP contribution < -0.4 is 9.47 Å². The number of para-hydroxylation sites is 3. The van der Waals surface area contributed by atoms with Crippen molar-refractivity contribution in [3.63, 3.8) is 0 Å². The number of hydrogen-bond acceptors (Lipinski definition) is 5. The van der Waals surface area contributed by atoms with E-state index in [1.54, 1.807) is 6.07 Å². The highest BCUT2D eigenvalue weighted by molar-refractivity contribution is 5.78. The molecule has 0 aliphatic heterocycles. The Morgan fingerprint density at radius 2 is 1.49 bits per heavy atom. The highest BCUT2D eigenvalue weighted by Crippen LogP contribution is 2.36. The van der Waals surface area contributed by atoms with E-state index in [9.17, 15) is 9.90 Å². The molecule has 0 aromatic heterocycles. The molecule has 0 saturated carbocycles. The Morgan fingerprint density at radius 1 is 0.914 bits per heavy atom. The molecule has 0 spiro atoms. The van der Waals surface area contributed by atoms with Crippen molar-refractivity contribution in [1.29, 1.82) is 0 Å². The molecule has 0 fully saturated rings. The number of hydrogen-bond donors (Lipinski definition) is 2. The molecule has 0 amide bonds. The van der Waals surface area contributed by atoms with Gasteiger partial charge in [-0.25, -0.2) is 4.79 Å². The highest BCUT2D eigenvalue weighted by Gasteiger charge is 2.20. The van der Waals surface area contributed by atoms with Crippen molar-refractivity contribution in [2.45, 2.75) is 84.5 Å². The smallest absolute Gasteiger partial charge is 0.327 e. The average molecular weight is 487 g/mol. The van der Waals surface area contributed by atoms with Crippen molar-refractivity contribution in [1.82, 2.24) is 0 Å². The fourth-order valence-corrected chi connectivity index (χ4v) is 3.51. The molecule has 0 radical (unpaired) electrons. The van der Waals surface area contributed by atoms with Crippen LogP contribution in [0, 0.1) is 0 Å². The number of unbranched alkanes of at least 4 members (excludes halogenated alkanes) is 5. The van der Waals surface area contributed by atoms with Gasteiger partial charge >= 0.3 is 5.97 Å². The summed E-state index contributed by atoms with van der Waals surface area (Å²) >= 11 is 0. The molecule has 0 heterocycles. The Morgan fingerprint density at radius 3 is 2.06 bits per heavy atom. The van der Waals surface area contributed by atoms with Crippen LogP contribution in [0.5, 0.6) is 17.2 Å². The summed E-state index contributed by atoms with van der Waals surface area (Å²) in [6, 6.07) is 15.1. The van der Waals surface area contributed by atoms with E-state index in [0.717, 1.165) is 30.9 Å². The van der Waals surface area contributed by atoms with Crippen LogP contribution in [0.25, 0.3) is 0 Å². The van der Waals surface area contributed by atoms with Crippen LogP contribution in [0.3, 0.4) is 0 Å². The minimum Gasteiger partial charge on any atom is -0.508 e. The number of carbonyl (C=O) groups is 1. The van der Waals surface area contributed by atoms with Crippen molar-refractivity contribution in [3.05, 3.63) is 66.7 Å². The van der Waals surface area contributed by atoms with E-state index < -0.39 is 5.97 Å². The zero-order valence-corrected chi connectivity index (χ0v) is 21.4. The van der Waals surface area contributed by atoms with Gasteiger partial charge in [0.25, 0.3) is 0 Å². The zero-order valence-electron chi connectivity index (χ0n) is 21.4. The maximum absolute atomic E-state index is 10.4. The summed E-state index contributed by atoms with van der Waals surface area (Å²) in [6.07, 6.45) is 9.21. The van der Waals surface area contributed by atoms with E-state index >= 15 is 0 Å². The maximum atomic E-state index is 10.4. The number of aromatic hydroxyl groups is 1. The zero-order chi connectivity index (χ0) is 25.9. The molecule has 0 aliphatic carbocycles. The SMILES string of the molecule is C=CC(=O)O.CCCCCCCCC(Oc1ccccc1OC(CC)OCC)c1ccccc1O. The molecule has 2 N–H and O–H groups in total. The Labute approximate surface area is 210 Å². The van der Waals surface area contributed by atoms with E-state index in [2.05, 4.69) is 13.5 Å². The molecule has 2 atom stereocenters. The third kappa shape index (κ3) is 12.3. The summed E-state index contributed by atoms with van der Waals surface area (Å²) in [5, 5.41) is 18.0. The Hall–Kier alpha value is -2.99. The van der Waals surface area contributed by atoms with Crippen molar-refractivity contribution >= 4 is 5.97 Å². The normalized spacial score (nSPS) is 12.1. The highest BCUT2D eigenvalue weighted by atomic mass is 16.7. The third-order valence-electron chi connectivity index (χ3n) is 5.34. The standard InChI is InChI=1S/C26H38O4.C3H4O2/c1-4-7-8-9-10-11-18-23(21-16-12-13-17-22(21)27)29-24-19-14-15-20-25(24)30-26(5-2)28-6-3;1-2-3(4)5/h12-17,19-20,23,26-27H,4-11,18H2,1-3H3;2H,1H2,(H,4,5). The first-order valence-electron chi connectivity index (χ1n) is 12.6. The van der Waals surface area contributed by atoms with Crippen LogP contribution >= 0.6 is 0 Å². The largest absolute Gasteiger partial charge is 0.508 e. The second-order valence-corrected chi connectivity index (χ2v) is 8.12. The molecule has 2 unspecified atom stereocenters. The molecule has 2 aromatic carbocycles. The number of aliphatic carboxylic acids is 1. The summed E-state index contributed by atoms with van der Waals surface area (Å²) in [6.45, 7) is 9.79. The molecule has 0 saturated heterocycles. The van der Waals surface area contributed by atoms with Gasteiger partial charge in [-0.3, -0.25) is 0 Å². The monoisotopic (exact) mass is 486 g/mol. The second kappa shape index (κ2) is 18.4. The summed E-state index contributed by atoms with van der Waals surface area (Å²) in [5.41, 5.74) is 0.817. The molecule has 2 rings (SSSR count). The van der Waals surface area contributed by atoms with Crippen molar-refractivity contribution in [3.8, 4) is 17.2 Å². The first-order valence-corrected chi connectivity index (χ1v) is 12.6.